The van der Waals surface area contributed by atoms with Crippen molar-refractivity contribution in [3.63, 3.8) is 0 Å². The van der Waals surface area contributed by atoms with Gasteiger partial charge in [-0.15, -0.1) is 0 Å². The van der Waals surface area contributed by atoms with Crippen LogP contribution >= 0.6 is 0 Å². The van der Waals surface area contributed by atoms with Crippen molar-refractivity contribution in [3.8, 4) is 5.75 Å². The number of aryl methyl sites for hydroxylation is 1. The molecule has 5 heteroatoms. The molecule has 4 nitrogen and oxygen atoms in total. The van der Waals surface area contributed by atoms with Gasteiger partial charge in [-0.25, -0.2) is 4.39 Å². The van der Waals surface area contributed by atoms with Gasteiger partial charge in [-0.05, 0) is 42.7 Å². The molecule has 27 heavy (non-hydrogen) atoms. The number of piperazine rings is 1. The first-order chi connectivity index (χ1) is 13.1. The fourth-order valence-electron chi connectivity index (χ4n) is 3.78. The second-order valence-electron chi connectivity index (χ2n) is 7.26. The number of methoxy groups -OCH3 is 1. The standard InChI is InChI=1S/C22H29FN2O2/c1-17-5-3-4-6-18(17)15-25-11-10-24(16-20(25)9-12-26)14-19-13-21(27-2)7-8-22(19)23/h3-8,13,20,26H,9-12,14-16H2,1-2H3. The smallest absolute Gasteiger partial charge is 0.127 e. The first kappa shape index (κ1) is 19.8. The summed E-state index contributed by atoms with van der Waals surface area (Å²) >= 11 is 0. The molecular formula is C22H29FN2O2. The molecule has 146 valence electrons. The predicted octanol–water partition coefficient (Wildman–Crippen LogP) is 3.21. The summed E-state index contributed by atoms with van der Waals surface area (Å²) < 4.78 is 19.4. The van der Waals surface area contributed by atoms with Crippen LogP contribution in [0.25, 0.3) is 0 Å². The molecule has 1 aliphatic rings. The molecule has 0 spiro atoms. The molecule has 0 aromatic heterocycles. The summed E-state index contributed by atoms with van der Waals surface area (Å²) in [6.45, 7) is 6.36. The summed E-state index contributed by atoms with van der Waals surface area (Å²) in [5.41, 5.74) is 3.28. The van der Waals surface area contributed by atoms with E-state index >= 15 is 0 Å². The molecule has 1 N–H and O–H groups in total. The van der Waals surface area contributed by atoms with E-state index in [0.717, 1.165) is 32.6 Å². The molecule has 3 rings (SSSR count). The Hall–Kier alpha value is -1.95. The molecule has 0 aliphatic carbocycles. The van der Waals surface area contributed by atoms with Gasteiger partial charge in [-0.3, -0.25) is 9.80 Å². The minimum atomic E-state index is -0.197. The topological polar surface area (TPSA) is 35.9 Å². The van der Waals surface area contributed by atoms with E-state index in [-0.39, 0.29) is 18.5 Å². The van der Waals surface area contributed by atoms with E-state index in [1.165, 1.54) is 17.2 Å². The predicted molar refractivity (Wildman–Crippen MR) is 105 cm³/mol. The fourth-order valence-corrected chi connectivity index (χ4v) is 3.78. The van der Waals surface area contributed by atoms with Gasteiger partial charge in [-0.2, -0.15) is 0 Å². The van der Waals surface area contributed by atoms with Gasteiger partial charge in [0.2, 0.25) is 0 Å². The normalized spacial score (nSPS) is 18.6. The highest BCUT2D eigenvalue weighted by Gasteiger charge is 2.27. The van der Waals surface area contributed by atoms with Crippen LogP contribution in [0.2, 0.25) is 0 Å². The van der Waals surface area contributed by atoms with E-state index in [1.807, 2.05) is 0 Å². The molecular weight excluding hydrogens is 343 g/mol. The first-order valence-corrected chi connectivity index (χ1v) is 9.55. The van der Waals surface area contributed by atoms with Crippen molar-refractivity contribution in [2.45, 2.75) is 32.5 Å². The molecule has 1 saturated heterocycles. The van der Waals surface area contributed by atoms with E-state index in [4.69, 9.17) is 4.74 Å². The van der Waals surface area contributed by atoms with Crippen LogP contribution < -0.4 is 4.74 Å². The van der Waals surface area contributed by atoms with Crippen LogP contribution in [0, 0.1) is 12.7 Å². The number of hydrogen-bond donors (Lipinski definition) is 1. The second-order valence-corrected chi connectivity index (χ2v) is 7.26. The van der Waals surface area contributed by atoms with Gasteiger partial charge >= 0.3 is 0 Å². The van der Waals surface area contributed by atoms with Crippen molar-refractivity contribution in [2.24, 2.45) is 0 Å². The number of nitrogens with zero attached hydrogens (tertiary/aromatic N) is 2. The van der Waals surface area contributed by atoms with Gasteiger partial charge in [0.25, 0.3) is 0 Å². The first-order valence-electron chi connectivity index (χ1n) is 9.55. The van der Waals surface area contributed by atoms with Gasteiger partial charge in [0.1, 0.15) is 11.6 Å². The average molecular weight is 372 g/mol. The lowest BCUT2D eigenvalue weighted by Crippen LogP contribution is -2.52. The van der Waals surface area contributed by atoms with Gasteiger partial charge < -0.3 is 9.84 Å². The Balaban J connectivity index is 1.68. The van der Waals surface area contributed by atoms with Crippen molar-refractivity contribution < 1.29 is 14.2 Å². The Kier molecular flexibility index (Phi) is 6.83. The molecule has 2 aromatic carbocycles. The zero-order valence-corrected chi connectivity index (χ0v) is 16.2. The maximum Gasteiger partial charge on any atom is 0.127 e. The van der Waals surface area contributed by atoms with Crippen molar-refractivity contribution in [2.75, 3.05) is 33.4 Å². The van der Waals surface area contributed by atoms with Crippen LogP contribution in [0.3, 0.4) is 0 Å². The van der Waals surface area contributed by atoms with Crippen LogP contribution in [0.1, 0.15) is 23.1 Å². The van der Waals surface area contributed by atoms with Crippen LogP contribution in [0.4, 0.5) is 4.39 Å². The number of hydrogen-bond acceptors (Lipinski definition) is 4. The van der Waals surface area contributed by atoms with Crippen LogP contribution in [0.15, 0.2) is 42.5 Å². The number of ether oxygens (including phenoxy) is 1. The molecule has 0 radical (unpaired) electrons. The third kappa shape index (κ3) is 5.06. The largest absolute Gasteiger partial charge is 0.497 e. The zero-order valence-electron chi connectivity index (χ0n) is 16.2. The molecule has 1 aliphatic heterocycles. The maximum absolute atomic E-state index is 14.2. The Bertz CT molecular complexity index is 753. The van der Waals surface area contributed by atoms with Crippen molar-refractivity contribution in [1.29, 1.82) is 0 Å². The summed E-state index contributed by atoms with van der Waals surface area (Å²) in [6, 6.07) is 13.6. The number of aliphatic hydroxyl groups excluding tert-OH is 1. The van der Waals surface area contributed by atoms with Crippen LogP contribution in [-0.2, 0) is 13.1 Å². The summed E-state index contributed by atoms with van der Waals surface area (Å²) in [7, 11) is 1.60. The average Bonchev–Trinajstić information content (AvgIpc) is 2.67. The van der Waals surface area contributed by atoms with E-state index in [1.54, 1.807) is 19.2 Å². The minimum Gasteiger partial charge on any atom is -0.497 e. The molecule has 0 saturated carbocycles. The Morgan fingerprint density at radius 1 is 1.11 bits per heavy atom. The summed E-state index contributed by atoms with van der Waals surface area (Å²) in [4.78, 5) is 4.71. The lowest BCUT2D eigenvalue weighted by molar-refractivity contribution is 0.0493. The molecule has 1 fully saturated rings. The van der Waals surface area contributed by atoms with Gasteiger partial charge in [0.15, 0.2) is 0 Å². The zero-order chi connectivity index (χ0) is 19.2. The van der Waals surface area contributed by atoms with E-state index in [0.29, 0.717) is 17.9 Å². The Labute approximate surface area is 161 Å². The van der Waals surface area contributed by atoms with E-state index < -0.39 is 0 Å². The lowest BCUT2D eigenvalue weighted by Gasteiger charge is -2.41. The molecule has 0 bridgehead atoms. The highest BCUT2D eigenvalue weighted by Crippen LogP contribution is 2.22. The summed E-state index contributed by atoms with van der Waals surface area (Å²) in [5, 5.41) is 9.52. The quantitative estimate of drug-likeness (QED) is 0.810. The van der Waals surface area contributed by atoms with E-state index in [2.05, 4.69) is 41.0 Å². The second kappa shape index (κ2) is 9.31. The third-order valence-electron chi connectivity index (χ3n) is 5.43. The highest BCUT2D eigenvalue weighted by atomic mass is 19.1. The Morgan fingerprint density at radius 2 is 1.93 bits per heavy atom. The van der Waals surface area contributed by atoms with Gasteiger partial charge in [0.05, 0.1) is 7.11 Å². The fraction of sp³-hybridized carbons (Fsp3) is 0.455. The van der Waals surface area contributed by atoms with Crippen LogP contribution in [0.5, 0.6) is 5.75 Å². The van der Waals surface area contributed by atoms with Crippen molar-refractivity contribution in [1.82, 2.24) is 9.80 Å². The van der Waals surface area contributed by atoms with Crippen molar-refractivity contribution in [3.05, 3.63) is 65.0 Å². The van der Waals surface area contributed by atoms with Crippen molar-refractivity contribution >= 4 is 0 Å². The maximum atomic E-state index is 14.2. The monoisotopic (exact) mass is 372 g/mol. The minimum absolute atomic E-state index is 0.163. The lowest BCUT2D eigenvalue weighted by atomic mass is 10.0. The Morgan fingerprint density at radius 3 is 2.67 bits per heavy atom. The number of rotatable bonds is 7. The number of aliphatic hydroxyl groups is 1. The summed E-state index contributed by atoms with van der Waals surface area (Å²) in [6.07, 6.45) is 0.725. The number of halogens is 1. The van der Waals surface area contributed by atoms with Gasteiger partial charge in [0, 0.05) is 50.9 Å². The third-order valence-corrected chi connectivity index (χ3v) is 5.43. The molecule has 1 heterocycles. The number of benzene rings is 2. The molecule has 1 atom stereocenters. The molecule has 0 amide bonds. The van der Waals surface area contributed by atoms with Crippen LogP contribution in [-0.4, -0.2) is 54.3 Å². The summed E-state index contributed by atoms with van der Waals surface area (Å²) in [5.74, 6) is 0.480. The highest BCUT2D eigenvalue weighted by molar-refractivity contribution is 5.30. The van der Waals surface area contributed by atoms with Gasteiger partial charge in [-0.1, -0.05) is 24.3 Å². The molecule has 1 unspecified atom stereocenters. The molecule has 2 aromatic rings. The SMILES string of the molecule is COc1ccc(F)c(CN2CCN(Cc3ccccc3C)C(CCO)C2)c1. The van der Waals surface area contributed by atoms with E-state index in [9.17, 15) is 9.50 Å².